The first-order chi connectivity index (χ1) is 20.0. The Morgan fingerprint density at radius 1 is 1.02 bits per heavy atom. The second-order valence-electron chi connectivity index (χ2n) is 9.90. The van der Waals surface area contributed by atoms with Gasteiger partial charge in [0.15, 0.2) is 11.3 Å². The van der Waals surface area contributed by atoms with Crippen LogP contribution in [-0.4, -0.2) is 82.4 Å². The number of amides is 1. The zero-order valence-electron chi connectivity index (χ0n) is 23.2. The molecule has 0 bridgehead atoms. The minimum Gasteiger partial charge on any atom is -0.497 e. The lowest BCUT2D eigenvalue weighted by Gasteiger charge is -2.38. The smallest absolute Gasteiger partial charge is 0.433 e. The van der Waals surface area contributed by atoms with Crippen molar-refractivity contribution >= 4 is 11.6 Å². The Morgan fingerprint density at radius 3 is 2.29 bits per heavy atom. The summed E-state index contributed by atoms with van der Waals surface area (Å²) in [5.41, 5.74) is -0.365. The number of aromatic nitrogens is 3. The van der Waals surface area contributed by atoms with Gasteiger partial charge in [-0.15, -0.1) is 0 Å². The number of piperazine rings is 1. The molecule has 13 heteroatoms. The summed E-state index contributed by atoms with van der Waals surface area (Å²) in [6.07, 6.45) is -3.65. The molecule has 1 saturated heterocycles. The van der Waals surface area contributed by atoms with Crippen LogP contribution in [0.25, 0.3) is 16.9 Å². The highest BCUT2D eigenvalue weighted by Crippen LogP contribution is 2.37. The number of aliphatic hydroxyl groups is 1. The SMILES string of the molecule is COc1ccc(-c2nc3c(C(=O)N4CCN([C@@H](CO)c5cc(F)cc(OC)c5)CC4)cnn3c(C(F)(F)F)c2C)cc1. The van der Waals surface area contributed by atoms with Gasteiger partial charge in [-0.2, -0.15) is 18.3 Å². The topological polar surface area (TPSA) is 92.4 Å². The highest BCUT2D eigenvalue weighted by atomic mass is 19.4. The Balaban J connectivity index is 1.44. The zero-order valence-corrected chi connectivity index (χ0v) is 23.2. The number of hydrogen-bond acceptors (Lipinski definition) is 7. The second-order valence-corrected chi connectivity index (χ2v) is 9.90. The van der Waals surface area contributed by atoms with E-state index >= 15 is 0 Å². The van der Waals surface area contributed by atoms with Gasteiger partial charge in [-0.3, -0.25) is 9.69 Å². The van der Waals surface area contributed by atoms with Gasteiger partial charge in [0.1, 0.15) is 22.9 Å². The molecule has 1 aliphatic rings. The van der Waals surface area contributed by atoms with Crippen molar-refractivity contribution in [1.29, 1.82) is 0 Å². The summed E-state index contributed by atoms with van der Waals surface area (Å²) in [6, 6.07) is 10.1. The lowest BCUT2D eigenvalue weighted by molar-refractivity contribution is -0.143. The van der Waals surface area contributed by atoms with Crippen LogP contribution in [0.3, 0.4) is 0 Å². The summed E-state index contributed by atoms with van der Waals surface area (Å²) in [5, 5.41) is 14.0. The van der Waals surface area contributed by atoms with Gasteiger partial charge in [0.2, 0.25) is 0 Å². The Kier molecular flexibility index (Phi) is 8.06. The van der Waals surface area contributed by atoms with Gasteiger partial charge in [0.25, 0.3) is 5.91 Å². The molecule has 0 spiro atoms. The molecule has 2 aromatic carbocycles. The number of rotatable bonds is 7. The monoisotopic (exact) mass is 587 g/mol. The van der Waals surface area contributed by atoms with Crippen LogP contribution < -0.4 is 9.47 Å². The number of nitrogens with zero attached hydrogens (tertiary/aromatic N) is 5. The van der Waals surface area contributed by atoms with E-state index < -0.39 is 29.6 Å². The maximum absolute atomic E-state index is 14.3. The average Bonchev–Trinajstić information content (AvgIpc) is 3.39. The third-order valence-corrected chi connectivity index (χ3v) is 7.48. The van der Waals surface area contributed by atoms with E-state index in [2.05, 4.69) is 10.1 Å². The van der Waals surface area contributed by atoms with E-state index in [1.54, 1.807) is 30.3 Å². The molecule has 1 N–H and O–H groups in total. The van der Waals surface area contributed by atoms with Crippen LogP contribution in [0.2, 0.25) is 0 Å². The predicted octanol–water partition coefficient (Wildman–Crippen LogP) is 4.37. The van der Waals surface area contributed by atoms with E-state index in [1.807, 2.05) is 4.90 Å². The fourth-order valence-electron chi connectivity index (χ4n) is 5.32. The molecule has 1 fully saturated rings. The van der Waals surface area contributed by atoms with Crippen LogP contribution in [0.5, 0.6) is 11.5 Å². The lowest BCUT2D eigenvalue weighted by atomic mass is 10.0. The molecular formula is C29H29F4N5O4. The van der Waals surface area contributed by atoms with Gasteiger partial charge >= 0.3 is 6.18 Å². The van der Waals surface area contributed by atoms with Crippen LogP contribution in [-0.2, 0) is 6.18 Å². The molecule has 4 aromatic rings. The van der Waals surface area contributed by atoms with E-state index in [9.17, 15) is 27.5 Å². The number of aliphatic hydroxyl groups excluding tert-OH is 1. The molecule has 0 unspecified atom stereocenters. The third-order valence-electron chi connectivity index (χ3n) is 7.48. The number of carbonyl (C=O) groups excluding carboxylic acids is 1. The van der Waals surface area contributed by atoms with Crippen molar-refractivity contribution in [1.82, 2.24) is 24.4 Å². The molecule has 1 amide bonds. The first kappa shape index (κ1) is 29.3. The highest BCUT2D eigenvalue weighted by Gasteiger charge is 2.39. The normalized spacial score (nSPS) is 15.2. The van der Waals surface area contributed by atoms with E-state index in [4.69, 9.17) is 9.47 Å². The molecule has 0 saturated carbocycles. The van der Waals surface area contributed by atoms with Crippen LogP contribution in [0.4, 0.5) is 17.6 Å². The van der Waals surface area contributed by atoms with Crippen molar-refractivity contribution in [3.63, 3.8) is 0 Å². The molecule has 42 heavy (non-hydrogen) atoms. The van der Waals surface area contributed by atoms with Crippen molar-refractivity contribution in [2.75, 3.05) is 47.0 Å². The molecule has 1 atom stereocenters. The lowest BCUT2D eigenvalue weighted by Crippen LogP contribution is -2.50. The number of benzene rings is 2. The Bertz CT molecular complexity index is 1600. The molecule has 5 rings (SSSR count). The number of hydrogen-bond donors (Lipinski definition) is 1. The minimum atomic E-state index is -4.76. The van der Waals surface area contributed by atoms with Crippen LogP contribution >= 0.6 is 0 Å². The number of fused-ring (bicyclic) bond motifs is 1. The summed E-state index contributed by atoms with van der Waals surface area (Å²) >= 11 is 0. The second kappa shape index (κ2) is 11.6. The maximum atomic E-state index is 14.3. The Hall–Kier alpha value is -4.23. The summed E-state index contributed by atoms with van der Waals surface area (Å²) in [5.74, 6) is -0.157. The number of carbonyl (C=O) groups is 1. The zero-order chi connectivity index (χ0) is 30.2. The van der Waals surface area contributed by atoms with Crippen molar-refractivity contribution < 1.29 is 36.9 Å². The predicted molar refractivity (Wildman–Crippen MR) is 145 cm³/mol. The van der Waals surface area contributed by atoms with Gasteiger partial charge in [-0.25, -0.2) is 13.9 Å². The van der Waals surface area contributed by atoms with Crippen molar-refractivity contribution in [3.8, 4) is 22.8 Å². The maximum Gasteiger partial charge on any atom is 0.433 e. The van der Waals surface area contributed by atoms with Crippen molar-refractivity contribution in [2.24, 2.45) is 0 Å². The summed E-state index contributed by atoms with van der Waals surface area (Å²) in [7, 11) is 2.91. The number of methoxy groups -OCH3 is 2. The highest BCUT2D eigenvalue weighted by molar-refractivity contribution is 6.00. The van der Waals surface area contributed by atoms with Gasteiger partial charge < -0.3 is 19.5 Å². The van der Waals surface area contributed by atoms with Crippen molar-refractivity contribution in [3.05, 3.63) is 76.9 Å². The van der Waals surface area contributed by atoms with Gasteiger partial charge in [0.05, 0.1) is 38.8 Å². The summed E-state index contributed by atoms with van der Waals surface area (Å²) in [4.78, 5) is 21.5. The quantitative estimate of drug-likeness (QED) is 0.321. The van der Waals surface area contributed by atoms with E-state index in [0.29, 0.717) is 40.2 Å². The van der Waals surface area contributed by atoms with E-state index in [-0.39, 0.29) is 42.2 Å². The number of halogens is 4. The van der Waals surface area contributed by atoms with Gasteiger partial charge in [-0.05, 0) is 48.9 Å². The van der Waals surface area contributed by atoms with Crippen LogP contribution in [0.1, 0.15) is 33.2 Å². The Morgan fingerprint density at radius 2 is 1.69 bits per heavy atom. The molecular weight excluding hydrogens is 558 g/mol. The van der Waals surface area contributed by atoms with Crippen molar-refractivity contribution in [2.45, 2.75) is 19.1 Å². The summed E-state index contributed by atoms with van der Waals surface area (Å²) < 4.78 is 67.9. The number of alkyl halides is 3. The molecule has 0 aliphatic carbocycles. The van der Waals surface area contributed by atoms with E-state index in [0.717, 1.165) is 6.20 Å². The standard InChI is InChI=1S/C29H29F4N5O4/c1-17-25(18-4-6-21(41-2)7-5-18)35-27-23(15-34-38(27)26(17)29(31,32)33)28(40)37-10-8-36(9-11-37)24(16-39)19-12-20(30)14-22(13-19)42-3/h4-7,12-15,24,39H,8-11,16H2,1-3H3/t24-/m0/s1. The van der Waals surface area contributed by atoms with Gasteiger partial charge in [0, 0.05) is 43.4 Å². The molecule has 0 radical (unpaired) electrons. The van der Waals surface area contributed by atoms with Crippen LogP contribution in [0, 0.1) is 12.7 Å². The first-order valence-corrected chi connectivity index (χ1v) is 13.1. The van der Waals surface area contributed by atoms with Crippen LogP contribution in [0.15, 0.2) is 48.7 Å². The fraction of sp³-hybridized carbons (Fsp3) is 0.345. The third kappa shape index (κ3) is 5.49. The molecule has 222 valence electrons. The molecule has 2 aromatic heterocycles. The first-order valence-electron chi connectivity index (χ1n) is 13.1. The fourth-order valence-corrected chi connectivity index (χ4v) is 5.32. The largest absolute Gasteiger partial charge is 0.497 e. The molecule has 3 heterocycles. The van der Waals surface area contributed by atoms with E-state index in [1.165, 1.54) is 38.2 Å². The molecule has 1 aliphatic heterocycles. The molecule has 9 nitrogen and oxygen atoms in total. The number of ether oxygens (including phenoxy) is 2. The summed E-state index contributed by atoms with van der Waals surface area (Å²) in [6.45, 7) is 2.17. The Labute approximate surface area is 238 Å². The minimum absolute atomic E-state index is 0.0581. The average molecular weight is 588 g/mol. The van der Waals surface area contributed by atoms with Gasteiger partial charge in [-0.1, -0.05) is 0 Å².